The summed E-state index contributed by atoms with van der Waals surface area (Å²) >= 11 is 6.22. The van der Waals surface area contributed by atoms with Crippen LogP contribution in [0.3, 0.4) is 0 Å². The second kappa shape index (κ2) is 8.13. The summed E-state index contributed by atoms with van der Waals surface area (Å²) in [5.74, 6) is 0. The van der Waals surface area contributed by atoms with Crippen LogP contribution < -0.4 is 0 Å². The van der Waals surface area contributed by atoms with Gasteiger partial charge in [0.25, 0.3) is 0 Å². The minimum absolute atomic E-state index is 0.0907. The van der Waals surface area contributed by atoms with Gasteiger partial charge in [0, 0.05) is 6.54 Å². The summed E-state index contributed by atoms with van der Waals surface area (Å²) in [7, 11) is -1.96. The van der Waals surface area contributed by atoms with Crippen molar-refractivity contribution in [3.8, 4) is 6.07 Å². The molecule has 1 aromatic carbocycles. The van der Waals surface area contributed by atoms with Gasteiger partial charge >= 0.3 is 0 Å². The predicted octanol–water partition coefficient (Wildman–Crippen LogP) is 4.52. The Kier molecular flexibility index (Phi) is 6.51. The van der Waals surface area contributed by atoms with E-state index in [0.29, 0.717) is 17.1 Å². The first-order chi connectivity index (χ1) is 12.5. The smallest absolute Gasteiger partial charge is 0.192 e. The number of hydrogen-bond donors (Lipinski definition) is 0. The summed E-state index contributed by atoms with van der Waals surface area (Å²) in [6, 6.07) is 5.19. The number of aldehydes is 1. The highest BCUT2D eigenvalue weighted by molar-refractivity contribution is 6.74. The second-order valence-corrected chi connectivity index (χ2v) is 13.6. The van der Waals surface area contributed by atoms with E-state index in [1.165, 1.54) is 0 Å². The van der Waals surface area contributed by atoms with E-state index in [9.17, 15) is 4.79 Å². The predicted molar refractivity (Wildman–Crippen MR) is 112 cm³/mol. The number of hydrazone groups is 1. The molecule has 5 nitrogen and oxygen atoms in total. The van der Waals surface area contributed by atoms with Crippen molar-refractivity contribution in [3.63, 3.8) is 0 Å². The Bertz CT molecular complexity index is 781. The highest BCUT2D eigenvalue weighted by Gasteiger charge is 2.43. The lowest BCUT2D eigenvalue weighted by molar-refractivity contribution is -0.113. The molecular weight excluding hydrogens is 378 g/mol. The molecule has 1 saturated heterocycles. The maximum Gasteiger partial charge on any atom is 0.192 e. The van der Waals surface area contributed by atoms with Crippen LogP contribution in [0.1, 0.15) is 43.9 Å². The fraction of sp³-hybridized carbons (Fsp3) is 0.550. The number of rotatable bonds is 5. The average Bonchev–Trinajstić information content (AvgIpc) is 2.96. The molecule has 146 valence electrons. The Hall–Kier alpha value is -1.68. The molecule has 1 aromatic rings. The molecule has 2 rings (SSSR count). The van der Waals surface area contributed by atoms with Gasteiger partial charge < -0.3 is 9.22 Å². The third kappa shape index (κ3) is 4.60. The molecule has 0 aromatic heterocycles. The molecule has 0 radical (unpaired) electrons. The first-order valence-electron chi connectivity index (χ1n) is 9.15. The van der Waals surface area contributed by atoms with Crippen LogP contribution in [0.5, 0.6) is 0 Å². The zero-order valence-electron chi connectivity index (χ0n) is 16.9. The van der Waals surface area contributed by atoms with E-state index in [-0.39, 0.29) is 17.2 Å². The number of halogens is 1. The second-order valence-electron chi connectivity index (χ2n) is 8.49. The maximum absolute atomic E-state index is 11.7. The van der Waals surface area contributed by atoms with Gasteiger partial charge in [-0.2, -0.15) is 10.4 Å². The van der Waals surface area contributed by atoms with Crippen molar-refractivity contribution in [1.29, 1.82) is 5.26 Å². The molecule has 0 spiro atoms. The van der Waals surface area contributed by atoms with Crippen LogP contribution >= 0.6 is 11.6 Å². The Morgan fingerprint density at radius 1 is 1.41 bits per heavy atom. The Balaban J connectivity index is 2.17. The van der Waals surface area contributed by atoms with Gasteiger partial charge in [-0.1, -0.05) is 38.4 Å². The number of nitriles is 1. The van der Waals surface area contributed by atoms with Gasteiger partial charge in [0.2, 0.25) is 0 Å². The van der Waals surface area contributed by atoms with Crippen molar-refractivity contribution in [2.24, 2.45) is 5.10 Å². The van der Waals surface area contributed by atoms with E-state index < -0.39 is 8.32 Å². The maximum atomic E-state index is 11.7. The van der Waals surface area contributed by atoms with Crippen molar-refractivity contribution in [2.45, 2.75) is 64.4 Å². The molecular formula is C20H28ClN3O2Si. The summed E-state index contributed by atoms with van der Waals surface area (Å²) < 4.78 is 6.46. The van der Waals surface area contributed by atoms with Gasteiger partial charge in [-0.05, 0) is 48.7 Å². The molecule has 1 heterocycles. The fourth-order valence-corrected chi connectivity index (χ4v) is 4.39. The van der Waals surface area contributed by atoms with E-state index in [0.717, 1.165) is 23.8 Å². The zero-order chi connectivity index (χ0) is 20.4. The molecule has 0 N–H and O–H groups in total. The number of carbonyl (C=O) groups is 1. The minimum Gasteiger partial charge on any atom is -0.411 e. The van der Waals surface area contributed by atoms with Crippen LogP contribution in [0.25, 0.3) is 0 Å². The first-order valence-corrected chi connectivity index (χ1v) is 12.4. The summed E-state index contributed by atoms with van der Waals surface area (Å²) in [5.41, 5.74) is 2.08. The van der Waals surface area contributed by atoms with Crippen molar-refractivity contribution in [3.05, 3.63) is 33.8 Å². The fourth-order valence-electron chi connectivity index (χ4n) is 2.81. The van der Waals surface area contributed by atoms with Crippen molar-refractivity contribution in [1.82, 2.24) is 5.01 Å². The van der Waals surface area contributed by atoms with Crippen molar-refractivity contribution < 1.29 is 9.22 Å². The van der Waals surface area contributed by atoms with E-state index in [4.69, 9.17) is 21.3 Å². The highest BCUT2D eigenvalue weighted by Crippen LogP contribution is 2.39. The molecule has 0 aliphatic carbocycles. The van der Waals surface area contributed by atoms with Crippen LogP contribution in [-0.2, 0) is 9.22 Å². The van der Waals surface area contributed by atoms with E-state index in [1.807, 2.05) is 13.0 Å². The summed E-state index contributed by atoms with van der Waals surface area (Å²) in [4.78, 5) is 11.7. The lowest BCUT2D eigenvalue weighted by atomic mass is 10.1. The summed E-state index contributed by atoms with van der Waals surface area (Å²) in [6.45, 7) is 13.5. The van der Waals surface area contributed by atoms with Crippen LogP contribution in [0, 0.1) is 18.3 Å². The van der Waals surface area contributed by atoms with Gasteiger partial charge in [0.15, 0.2) is 8.32 Å². The van der Waals surface area contributed by atoms with Crippen LogP contribution in [-0.4, -0.2) is 44.5 Å². The lowest BCUT2D eigenvalue weighted by Crippen LogP contribution is -2.47. The Morgan fingerprint density at radius 2 is 2.07 bits per heavy atom. The minimum atomic E-state index is -1.96. The monoisotopic (exact) mass is 405 g/mol. The van der Waals surface area contributed by atoms with Crippen molar-refractivity contribution >= 4 is 32.4 Å². The number of nitrogens with zero attached hydrogens (tertiary/aromatic N) is 3. The molecule has 1 aliphatic heterocycles. The van der Waals surface area contributed by atoms with Crippen LogP contribution in [0.15, 0.2) is 17.2 Å². The lowest BCUT2D eigenvalue weighted by Gasteiger charge is -2.39. The van der Waals surface area contributed by atoms with E-state index >= 15 is 0 Å². The van der Waals surface area contributed by atoms with Crippen LogP contribution in [0.2, 0.25) is 23.2 Å². The molecule has 1 aliphatic rings. The first kappa shape index (κ1) is 21.6. The quantitative estimate of drug-likeness (QED) is 0.410. The number of hydrogen-bond acceptors (Lipinski definition) is 5. The molecule has 0 amide bonds. The van der Waals surface area contributed by atoms with Gasteiger partial charge in [-0.3, -0.25) is 5.01 Å². The standard InChI is InChI=1S/C20H28ClN3O2Si/c1-14-16(8-7-15(11-22)19(14)21)12-23-24-10-9-18(17(24)13-25)26-27(5,6)20(2,3)4/h7-8,12-13,17-18H,9-10H2,1-6H3/t17-,18+/m1/s1. The average molecular weight is 406 g/mol. The molecule has 27 heavy (non-hydrogen) atoms. The third-order valence-corrected chi connectivity index (χ3v) is 10.6. The van der Waals surface area contributed by atoms with E-state index in [1.54, 1.807) is 17.3 Å². The number of carbonyl (C=O) groups excluding carboxylic acids is 1. The Labute approximate surface area is 168 Å². The molecule has 0 unspecified atom stereocenters. The van der Waals surface area contributed by atoms with Gasteiger partial charge in [-0.25, -0.2) is 0 Å². The molecule has 0 bridgehead atoms. The van der Waals surface area contributed by atoms with E-state index in [2.05, 4.69) is 45.0 Å². The normalized spacial score (nSPS) is 20.9. The topological polar surface area (TPSA) is 65.7 Å². The Morgan fingerprint density at radius 3 is 2.63 bits per heavy atom. The SMILES string of the molecule is Cc1c(C=NN2CC[C@H](O[Si](C)(C)C(C)(C)C)[C@H]2C=O)ccc(C#N)c1Cl. The molecule has 0 saturated carbocycles. The summed E-state index contributed by atoms with van der Waals surface area (Å²) in [6.07, 6.45) is 3.28. The molecule has 2 atom stereocenters. The largest absolute Gasteiger partial charge is 0.411 e. The van der Waals surface area contributed by atoms with Gasteiger partial charge in [0.1, 0.15) is 18.4 Å². The molecule has 7 heteroatoms. The molecule has 1 fully saturated rings. The van der Waals surface area contributed by atoms with Crippen molar-refractivity contribution in [2.75, 3.05) is 6.54 Å². The number of benzene rings is 1. The van der Waals surface area contributed by atoms with Gasteiger partial charge in [-0.15, -0.1) is 0 Å². The summed E-state index contributed by atoms with van der Waals surface area (Å²) in [5, 5.41) is 15.9. The van der Waals surface area contributed by atoms with Crippen LogP contribution in [0.4, 0.5) is 0 Å². The van der Waals surface area contributed by atoms with Gasteiger partial charge in [0.05, 0.1) is 22.9 Å². The third-order valence-electron chi connectivity index (χ3n) is 5.65. The highest BCUT2D eigenvalue weighted by atomic mass is 35.5. The zero-order valence-corrected chi connectivity index (χ0v) is 18.7.